The second-order valence-corrected chi connectivity index (χ2v) is 7.31. The first-order valence-electron chi connectivity index (χ1n) is 6.70. The Morgan fingerprint density at radius 1 is 1.33 bits per heavy atom. The molecule has 2 atom stereocenters. The van der Waals surface area contributed by atoms with Crippen LogP contribution in [0.25, 0.3) is 10.6 Å². The van der Waals surface area contributed by atoms with Crippen molar-refractivity contribution >= 4 is 11.3 Å². The van der Waals surface area contributed by atoms with Gasteiger partial charge in [-0.15, -0.1) is 11.3 Å². The number of thiophene rings is 1. The minimum absolute atomic E-state index is 0.527. The van der Waals surface area contributed by atoms with Crippen molar-refractivity contribution in [3.05, 3.63) is 40.9 Å². The normalized spacial score (nSPS) is 27.4. The highest BCUT2D eigenvalue weighted by molar-refractivity contribution is 7.15. The van der Waals surface area contributed by atoms with E-state index in [2.05, 4.69) is 37.0 Å². The molecule has 0 radical (unpaired) electrons. The molecule has 1 nitrogen and oxygen atoms in total. The van der Waals surface area contributed by atoms with E-state index in [9.17, 15) is 0 Å². The molecule has 0 aliphatic heterocycles. The highest BCUT2D eigenvalue weighted by Crippen LogP contribution is 2.64. The maximum atomic E-state index is 4.48. The molecule has 0 spiro atoms. The molecule has 0 aromatic carbocycles. The summed E-state index contributed by atoms with van der Waals surface area (Å²) in [4.78, 5) is 7.47. The standard InChI is InChI=1S/C16H17NS/c1-16(2)11-7-10-8-14(13-5-3-4-6-17-13)18-15(10)12(16)9-11/h3-6,8,11-12H,7,9H2,1-2H3/t11-,12-/m0/s1. The van der Waals surface area contributed by atoms with Gasteiger partial charge in [0.15, 0.2) is 0 Å². The van der Waals surface area contributed by atoms with Gasteiger partial charge in [-0.05, 0) is 53.9 Å². The van der Waals surface area contributed by atoms with Crippen LogP contribution in [0.4, 0.5) is 0 Å². The van der Waals surface area contributed by atoms with Gasteiger partial charge in [0.2, 0.25) is 0 Å². The van der Waals surface area contributed by atoms with Crippen molar-refractivity contribution in [2.75, 3.05) is 0 Å². The Bertz CT molecular complexity index is 597. The second-order valence-electron chi connectivity index (χ2n) is 6.23. The quantitative estimate of drug-likeness (QED) is 0.731. The molecule has 2 aromatic heterocycles. The van der Waals surface area contributed by atoms with Gasteiger partial charge in [0.1, 0.15) is 0 Å². The van der Waals surface area contributed by atoms with Crippen molar-refractivity contribution < 1.29 is 0 Å². The fourth-order valence-corrected chi connectivity index (χ4v) is 5.08. The lowest BCUT2D eigenvalue weighted by molar-refractivity contribution is 0.0214. The lowest BCUT2D eigenvalue weighted by atomic mass is 9.49. The lowest BCUT2D eigenvalue weighted by Gasteiger charge is -2.56. The molecule has 92 valence electrons. The molecule has 0 amide bonds. The third-order valence-electron chi connectivity index (χ3n) is 5.01. The fourth-order valence-electron chi connectivity index (χ4n) is 3.60. The topological polar surface area (TPSA) is 12.9 Å². The van der Waals surface area contributed by atoms with Gasteiger partial charge in [-0.3, -0.25) is 4.98 Å². The zero-order valence-electron chi connectivity index (χ0n) is 10.8. The molecule has 18 heavy (non-hydrogen) atoms. The van der Waals surface area contributed by atoms with Gasteiger partial charge in [-0.1, -0.05) is 19.9 Å². The molecule has 0 unspecified atom stereocenters. The van der Waals surface area contributed by atoms with Gasteiger partial charge in [0.25, 0.3) is 0 Å². The largest absolute Gasteiger partial charge is 0.255 e. The van der Waals surface area contributed by atoms with E-state index in [0.29, 0.717) is 5.41 Å². The summed E-state index contributed by atoms with van der Waals surface area (Å²) in [6, 6.07) is 8.56. The number of hydrogen-bond donors (Lipinski definition) is 0. The SMILES string of the molecule is CC1(C)[C@H]2Cc3cc(-c4ccccn4)sc3[C@@H]1C2. The number of pyridine rings is 1. The Morgan fingerprint density at radius 3 is 2.94 bits per heavy atom. The van der Waals surface area contributed by atoms with Crippen LogP contribution >= 0.6 is 11.3 Å². The predicted molar refractivity (Wildman–Crippen MR) is 75.9 cm³/mol. The first kappa shape index (κ1) is 10.7. The van der Waals surface area contributed by atoms with E-state index < -0.39 is 0 Å². The van der Waals surface area contributed by atoms with E-state index in [1.54, 1.807) is 10.4 Å². The van der Waals surface area contributed by atoms with Gasteiger partial charge in [0.05, 0.1) is 10.6 Å². The van der Waals surface area contributed by atoms with Crippen molar-refractivity contribution in [1.82, 2.24) is 4.98 Å². The predicted octanol–water partition coefficient (Wildman–Crippen LogP) is 4.50. The first-order chi connectivity index (χ1) is 8.66. The Labute approximate surface area is 112 Å². The van der Waals surface area contributed by atoms with Crippen LogP contribution < -0.4 is 0 Å². The third kappa shape index (κ3) is 1.30. The fraction of sp³-hybridized carbons (Fsp3) is 0.438. The van der Waals surface area contributed by atoms with Gasteiger partial charge in [-0.25, -0.2) is 0 Å². The maximum Gasteiger partial charge on any atom is 0.0801 e. The summed E-state index contributed by atoms with van der Waals surface area (Å²) in [6.07, 6.45) is 4.57. The minimum atomic E-state index is 0.527. The number of hydrogen-bond acceptors (Lipinski definition) is 2. The molecule has 5 rings (SSSR count). The lowest BCUT2D eigenvalue weighted by Crippen LogP contribution is -2.47. The molecule has 2 aromatic rings. The summed E-state index contributed by atoms with van der Waals surface area (Å²) in [5.41, 5.74) is 3.26. The summed E-state index contributed by atoms with van der Waals surface area (Å²) in [5, 5.41) is 0. The van der Waals surface area contributed by atoms with E-state index in [1.807, 2.05) is 23.6 Å². The van der Waals surface area contributed by atoms with Gasteiger partial charge >= 0.3 is 0 Å². The van der Waals surface area contributed by atoms with Crippen molar-refractivity contribution in [3.63, 3.8) is 0 Å². The van der Waals surface area contributed by atoms with E-state index in [1.165, 1.54) is 17.7 Å². The van der Waals surface area contributed by atoms with E-state index in [4.69, 9.17) is 0 Å². The number of rotatable bonds is 1. The van der Waals surface area contributed by atoms with Crippen LogP contribution in [0.3, 0.4) is 0 Å². The maximum absolute atomic E-state index is 4.48. The van der Waals surface area contributed by atoms with Gasteiger partial charge in [-0.2, -0.15) is 0 Å². The molecule has 3 aliphatic carbocycles. The van der Waals surface area contributed by atoms with Crippen LogP contribution in [-0.2, 0) is 6.42 Å². The molecule has 0 saturated heterocycles. The Balaban J connectivity index is 1.79. The van der Waals surface area contributed by atoms with E-state index >= 15 is 0 Å². The smallest absolute Gasteiger partial charge is 0.0801 e. The minimum Gasteiger partial charge on any atom is -0.255 e. The zero-order chi connectivity index (χ0) is 12.3. The van der Waals surface area contributed by atoms with Crippen molar-refractivity contribution in [3.8, 4) is 10.6 Å². The molecule has 1 fully saturated rings. The van der Waals surface area contributed by atoms with Crippen molar-refractivity contribution in [1.29, 1.82) is 0 Å². The highest BCUT2D eigenvalue weighted by Gasteiger charge is 2.53. The van der Waals surface area contributed by atoms with Crippen molar-refractivity contribution in [2.45, 2.75) is 32.6 Å². The van der Waals surface area contributed by atoms with E-state index in [0.717, 1.165) is 17.5 Å². The summed E-state index contributed by atoms with van der Waals surface area (Å²) in [6.45, 7) is 4.88. The Kier molecular flexibility index (Phi) is 2.06. The Morgan fingerprint density at radius 2 is 2.22 bits per heavy atom. The molecule has 3 aliphatic rings. The monoisotopic (exact) mass is 255 g/mol. The van der Waals surface area contributed by atoms with Gasteiger partial charge in [0, 0.05) is 11.1 Å². The molecule has 1 saturated carbocycles. The molecular weight excluding hydrogens is 238 g/mol. The van der Waals surface area contributed by atoms with Crippen LogP contribution in [0.2, 0.25) is 0 Å². The van der Waals surface area contributed by atoms with Crippen LogP contribution in [-0.4, -0.2) is 4.98 Å². The van der Waals surface area contributed by atoms with Crippen molar-refractivity contribution in [2.24, 2.45) is 11.3 Å². The summed E-state index contributed by atoms with van der Waals surface area (Å²) in [5.74, 6) is 1.70. The average Bonchev–Trinajstić information content (AvgIpc) is 2.83. The van der Waals surface area contributed by atoms with Crippen LogP contribution in [0.15, 0.2) is 30.5 Å². The molecular formula is C16H17NS. The Hall–Kier alpha value is -1.15. The van der Waals surface area contributed by atoms with E-state index in [-0.39, 0.29) is 0 Å². The number of nitrogens with zero attached hydrogens (tertiary/aromatic N) is 1. The second kappa shape index (κ2) is 3.45. The van der Waals surface area contributed by atoms with Crippen LogP contribution in [0.1, 0.15) is 36.6 Å². The van der Waals surface area contributed by atoms with Gasteiger partial charge < -0.3 is 0 Å². The summed E-state index contributed by atoms with van der Waals surface area (Å²) >= 11 is 1.97. The molecule has 0 N–H and O–H groups in total. The highest BCUT2D eigenvalue weighted by atomic mass is 32.1. The zero-order valence-corrected chi connectivity index (χ0v) is 11.6. The summed E-state index contributed by atoms with van der Waals surface area (Å²) < 4.78 is 0. The van der Waals surface area contributed by atoms with Crippen LogP contribution in [0.5, 0.6) is 0 Å². The molecule has 2 heteroatoms. The molecule has 2 bridgehead atoms. The third-order valence-corrected chi connectivity index (χ3v) is 6.33. The first-order valence-corrected chi connectivity index (χ1v) is 7.52. The average molecular weight is 255 g/mol. The van der Waals surface area contributed by atoms with Crippen LogP contribution in [0, 0.1) is 11.3 Å². The number of aromatic nitrogens is 1. The summed E-state index contributed by atoms with van der Waals surface area (Å²) in [7, 11) is 0. The molecule has 2 heterocycles.